The largest absolute Gasteiger partial charge is 0.361 e. The van der Waals surface area contributed by atoms with Crippen molar-refractivity contribution in [2.45, 2.75) is 50.6 Å². The van der Waals surface area contributed by atoms with Gasteiger partial charge in [-0.25, -0.2) is 0 Å². The summed E-state index contributed by atoms with van der Waals surface area (Å²) < 4.78 is 0. The molecule has 4 aromatic carbocycles. The number of ketones is 2. The Labute approximate surface area is 303 Å². The molecule has 5 aromatic rings. The highest BCUT2D eigenvalue weighted by molar-refractivity contribution is 5.99. The van der Waals surface area contributed by atoms with Gasteiger partial charge in [-0.1, -0.05) is 97.1 Å². The fourth-order valence-corrected chi connectivity index (χ4v) is 5.76. The van der Waals surface area contributed by atoms with Crippen molar-refractivity contribution in [3.63, 3.8) is 0 Å². The molecule has 1 aromatic heterocycles. The lowest BCUT2D eigenvalue weighted by atomic mass is 9.89. The fraction of sp³-hybridized carbons (Fsp3) is 0.238. The van der Waals surface area contributed by atoms with Crippen LogP contribution < -0.4 is 16.4 Å². The number of carbonyl (C=O) groups excluding carboxylic acids is 4. The van der Waals surface area contributed by atoms with Crippen LogP contribution in [0.25, 0.3) is 10.9 Å². The van der Waals surface area contributed by atoms with Crippen LogP contribution >= 0.6 is 0 Å². The summed E-state index contributed by atoms with van der Waals surface area (Å²) in [5, 5.41) is 23.7. The molecule has 0 fully saturated rings. The molecule has 52 heavy (non-hydrogen) atoms. The van der Waals surface area contributed by atoms with Crippen molar-refractivity contribution in [3.8, 4) is 12.1 Å². The lowest BCUT2D eigenvalue weighted by molar-refractivity contribution is -0.130. The van der Waals surface area contributed by atoms with Crippen LogP contribution in [0.5, 0.6) is 0 Å². The number of benzene rings is 4. The second-order valence-electron chi connectivity index (χ2n) is 12.3. The normalized spacial score (nSPS) is 12.1. The minimum Gasteiger partial charge on any atom is -0.361 e. The van der Waals surface area contributed by atoms with Gasteiger partial charge in [0.25, 0.3) is 5.91 Å². The summed E-state index contributed by atoms with van der Waals surface area (Å²) in [6.45, 7) is -0.137. The van der Waals surface area contributed by atoms with Gasteiger partial charge < -0.3 is 21.4 Å². The molecule has 10 heteroatoms. The average Bonchev–Trinajstić information content (AvgIpc) is 3.59. The molecule has 0 aliphatic carbocycles. The fourth-order valence-electron chi connectivity index (χ4n) is 5.76. The van der Waals surface area contributed by atoms with Gasteiger partial charge in [0.05, 0.1) is 24.2 Å². The first-order valence-electron chi connectivity index (χ1n) is 17.1. The standard InChI is InChI=1S/C30H28N4O3.C12H14N2O/c31-15-16-32-29(36)23(17-21-9-3-1-4-10-21)19-28(35)27(34-30(37)22-11-5-2-6-12-22)18-24-20-33-26-14-8-7-13-25(24)26;13-8-4-7-12(15)11(14)9-10-5-2-1-3-6-10/h1-14,20,23,27,33H,16-19H2,(H,32,36)(H,34,37);1-3,5-6,11H,4,7,9,14H2/t23-,27-;11-/m01/s1. The van der Waals surface area contributed by atoms with Crippen molar-refractivity contribution >= 4 is 34.3 Å². The number of rotatable bonds is 16. The molecule has 5 rings (SSSR count). The van der Waals surface area contributed by atoms with E-state index in [1.807, 2.05) is 109 Å². The molecule has 1 heterocycles. The molecule has 0 unspecified atom stereocenters. The zero-order valence-corrected chi connectivity index (χ0v) is 28.8. The summed E-state index contributed by atoms with van der Waals surface area (Å²) in [5.74, 6) is -1.68. The number of nitriles is 2. The monoisotopic (exact) mass is 694 g/mol. The first-order valence-corrected chi connectivity index (χ1v) is 17.1. The highest BCUT2D eigenvalue weighted by atomic mass is 16.2. The molecular weight excluding hydrogens is 652 g/mol. The maximum atomic E-state index is 13.7. The number of carbonyl (C=O) groups is 4. The van der Waals surface area contributed by atoms with E-state index in [0.717, 1.165) is 27.6 Å². The Hall–Kier alpha value is -6.36. The number of hydrogen-bond acceptors (Lipinski definition) is 7. The number of nitrogens with two attached hydrogens (primary N) is 1. The second kappa shape index (κ2) is 20.3. The first-order chi connectivity index (χ1) is 25.3. The van der Waals surface area contributed by atoms with Gasteiger partial charge in [0.1, 0.15) is 6.54 Å². The SMILES string of the molecule is N#CCCC(=O)[C@H](N)Cc1ccccc1.N#CCNC(=O)[C@H](CC(=O)[C@H](Cc1c[nH]c2ccccc12)NC(=O)c1ccccc1)Cc1ccccc1. The number of para-hydroxylation sites is 1. The van der Waals surface area contributed by atoms with Gasteiger partial charge in [-0.05, 0) is 47.7 Å². The lowest BCUT2D eigenvalue weighted by Gasteiger charge is -2.21. The third-order valence-electron chi connectivity index (χ3n) is 8.51. The van der Waals surface area contributed by atoms with Crippen molar-refractivity contribution in [2.75, 3.05) is 6.54 Å². The molecule has 10 nitrogen and oxygen atoms in total. The Morgan fingerprint density at radius 1 is 0.712 bits per heavy atom. The van der Waals surface area contributed by atoms with Crippen molar-refractivity contribution in [1.29, 1.82) is 10.5 Å². The van der Waals surface area contributed by atoms with Crippen LogP contribution in [0.15, 0.2) is 121 Å². The van der Waals surface area contributed by atoms with Crippen LogP contribution in [0, 0.1) is 28.6 Å². The minimum absolute atomic E-state index is 0.0413. The molecule has 3 atom stereocenters. The smallest absolute Gasteiger partial charge is 0.251 e. The summed E-state index contributed by atoms with van der Waals surface area (Å²) in [6, 6.07) is 38.1. The molecule has 264 valence electrons. The molecule has 2 amide bonds. The lowest BCUT2D eigenvalue weighted by Crippen LogP contribution is -2.44. The predicted octanol–water partition coefficient (Wildman–Crippen LogP) is 5.40. The van der Waals surface area contributed by atoms with Gasteiger partial charge in [0.2, 0.25) is 5.91 Å². The third-order valence-corrected chi connectivity index (χ3v) is 8.51. The van der Waals surface area contributed by atoms with E-state index in [1.165, 1.54) is 0 Å². The number of Topliss-reactive ketones (excluding diaryl/α,β-unsaturated/α-hetero) is 2. The topological polar surface area (TPSA) is 182 Å². The Morgan fingerprint density at radius 3 is 1.94 bits per heavy atom. The average molecular weight is 695 g/mol. The molecule has 0 bridgehead atoms. The first kappa shape index (κ1) is 38.4. The number of fused-ring (bicyclic) bond motifs is 1. The van der Waals surface area contributed by atoms with Gasteiger partial charge in [-0.2, -0.15) is 10.5 Å². The van der Waals surface area contributed by atoms with Crippen molar-refractivity contribution in [2.24, 2.45) is 11.7 Å². The highest BCUT2D eigenvalue weighted by Gasteiger charge is 2.29. The van der Waals surface area contributed by atoms with Crippen LogP contribution in [-0.2, 0) is 33.6 Å². The van der Waals surface area contributed by atoms with Gasteiger partial charge in [0, 0.05) is 54.3 Å². The maximum Gasteiger partial charge on any atom is 0.251 e. The zero-order valence-electron chi connectivity index (χ0n) is 28.8. The minimum atomic E-state index is -0.839. The number of aromatic nitrogens is 1. The number of nitrogens with one attached hydrogen (secondary N) is 3. The third kappa shape index (κ3) is 11.9. The Morgan fingerprint density at radius 2 is 1.31 bits per heavy atom. The molecule has 0 aliphatic rings. The summed E-state index contributed by atoms with van der Waals surface area (Å²) in [4.78, 5) is 54.2. The number of H-pyrrole nitrogens is 1. The highest BCUT2D eigenvalue weighted by Crippen LogP contribution is 2.21. The van der Waals surface area contributed by atoms with E-state index in [9.17, 15) is 19.2 Å². The van der Waals surface area contributed by atoms with E-state index in [1.54, 1.807) is 24.3 Å². The Balaban J connectivity index is 0.000000338. The number of hydrogen-bond donors (Lipinski definition) is 4. The van der Waals surface area contributed by atoms with Crippen molar-refractivity contribution < 1.29 is 19.2 Å². The number of amides is 2. The summed E-state index contributed by atoms with van der Waals surface area (Å²) in [7, 11) is 0. The van der Waals surface area contributed by atoms with Crippen LogP contribution in [0.4, 0.5) is 0 Å². The van der Waals surface area contributed by atoms with Crippen LogP contribution in [-0.4, -0.2) is 47.0 Å². The zero-order chi connectivity index (χ0) is 37.1. The quantitative estimate of drug-likeness (QED) is 0.0998. The summed E-state index contributed by atoms with van der Waals surface area (Å²) >= 11 is 0. The van der Waals surface area contributed by atoms with E-state index in [0.29, 0.717) is 18.4 Å². The van der Waals surface area contributed by atoms with E-state index < -0.39 is 18.0 Å². The van der Waals surface area contributed by atoms with Crippen LogP contribution in [0.1, 0.15) is 46.3 Å². The molecule has 0 spiro atoms. The molecule has 0 saturated carbocycles. The maximum absolute atomic E-state index is 13.7. The van der Waals surface area contributed by atoms with Crippen molar-refractivity contribution in [3.05, 3.63) is 144 Å². The predicted molar refractivity (Wildman–Crippen MR) is 200 cm³/mol. The van der Waals surface area contributed by atoms with Gasteiger partial charge in [-0.3, -0.25) is 19.2 Å². The van der Waals surface area contributed by atoms with Crippen molar-refractivity contribution in [1.82, 2.24) is 15.6 Å². The van der Waals surface area contributed by atoms with Crippen LogP contribution in [0.3, 0.4) is 0 Å². The second-order valence-corrected chi connectivity index (χ2v) is 12.3. The van der Waals surface area contributed by atoms with Gasteiger partial charge in [0.15, 0.2) is 11.6 Å². The molecule has 0 aliphatic heterocycles. The summed E-state index contributed by atoms with van der Waals surface area (Å²) in [5.41, 5.74) is 9.98. The van der Waals surface area contributed by atoms with E-state index >= 15 is 0 Å². The Bertz CT molecular complexity index is 2000. The number of aromatic amines is 1. The van der Waals surface area contributed by atoms with E-state index in [2.05, 4.69) is 15.6 Å². The Kier molecular flexibility index (Phi) is 15.0. The molecule has 0 radical (unpaired) electrons. The van der Waals surface area contributed by atoms with Gasteiger partial charge in [-0.15, -0.1) is 0 Å². The molecule has 0 saturated heterocycles. The molecular formula is C42H42N6O4. The molecule has 5 N–H and O–H groups in total. The van der Waals surface area contributed by atoms with E-state index in [4.69, 9.17) is 16.3 Å². The summed E-state index contributed by atoms with van der Waals surface area (Å²) in [6.07, 6.45) is 3.45. The van der Waals surface area contributed by atoms with Gasteiger partial charge >= 0.3 is 0 Å². The van der Waals surface area contributed by atoms with Crippen LogP contribution in [0.2, 0.25) is 0 Å². The van der Waals surface area contributed by atoms with E-state index in [-0.39, 0.29) is 55.6 Å². The number of nitrogens with zero attached hydrogens (tertiary/aromatic N) is 2.